The van der Waals surface area contributed by atoms with Gasteiger partial charge in [0.2, 0.25) is 0 Å². The lowest BCUT2D eigenvalue weighted by Gasteiger charge is -2.48. The maximum Gasteiger partial charge on any atom is 0.292 e. The standard InChI is InChI=1S/C25H47F2N5O12/c26-25(27,8-28)22(40)13(36)4-9-3-10(29)21(44-23-11(30)5-12(35)14(41-23)6-32-1-2-33)19(39)20(9)43-24-18(38)16(31)17(37)15(7-34)42-24/h9-12,14-24,32-35,37-40H,1-8,28-31H2/t9-,10-,11+,12-,14+,15+,16-,17+,18+,19+,20-,21+,22?,23+,24+/m0/s1. The highest BCUT2D eigenvalue weighted by Gasteiger charge is 2.52. The molecule has 1 unspecified atom stereocenters. The number of rotatable bonds is 14. The van der Waals surface area contributed by atoms with Crippen molar-refractivity contribution in [1.29, 1.82) is 0 Å². The molecule has 0 radical (unpaired) electrons. The molecule has 17 nitrogen and oxygen atoms in total. The largest absolute Gasteiger partial charge is 0.395 e. The third-order valence-electron chi connectivity index (χ3n) is 8.33. The summed E-state index contributed by atoms with van der Waals surface area (Å²) in [7, 11) is 0. The molecule has 0 aromatic rings. The van der Waals surface area contributed by atoms with Crippen LogP contribution in [0.3, 0.4) is 0 Å². The molecule has 2 heterocycles. The van der Waals surface area contributed by atoms with Gasteiger partial charge in [-0.3, -0.25) is 4.79 Å². The summed E-state index contributed by atoms with van der Waals surface area (Å²) in [6.45, 7) is -1.81. The summed E-state index contributed by atoms with van der Waals surface area (Å²) in [6.07, 6.45) is -17.3. The fraction of sp³-hybridized carbons (Fsp3) is 0.960. The quantitative estimate of drug-likeness (QED) is 0.0780. The Kier molecular flexibility index (Phi) is 13.7. The fourth-order valence-corrected chi connectivity index (χ4v) is 5.71. The number of hydrogen-bond acceptors (Lipinski definition) is 17. The van der Waals surface area contributed by atoms with Crippen LogP contribution < -0.4 is 28.3 Å². The highest BCUT2D eigenvalue weighted by Crippen LogP contribution is 2.36. The van der Waals surface area contributed by atoms with E-state index in [1.807, 2.05) is 0 Å². The molecule has 1 saturated carbocycles. The van der Waals surface area contributed by atoms with Crippen LogP contribution in [0, 0.1) is 5.92 Å². The number of ketones is 1. The maximum atomic E-state index is 14.0. The Labute approximate surface area is 252 Å². The predicted octanol–water partition coefficient (Wildman–Crippen LogP) is -6.47. The molecule has 44 heavy (non-hydrogen) atoms. The summed E-state index contributed by atoms with van der Waals surface area (Å²) < 4.78 is 51.1. The number of nitrogens with one attached hydrogen (secondary N) is 1. The van der Waals surface area contributed by atoms with E-state index in [2.05, 4.69) is 5.32 Å². The van der Waals surface area contributed by atoms with Crippen molar-refractivity contribution in [2.24, 2.45) is 28.9 Å². The first-order valence-corrected chi connectivity index (χ1v) is 14.5. The average Bonchev–Trinajstić information content (AvgIpc) is 2.98. The van der Waals surface area contributed by atoms with Crippen molar-refractivity contribution in [3.8, 4) is 0 Å². The Morgan fingerprint density at radius 1 is 0.932 bits per heavy atom. The van der Waals surface area contributed by atoms with E-state index in [9.17, 15) is 44.2 Å². The van der Waals surface area contributed by atoms with Crippen molar-refractivity contribution >= 4 is 5.78 Å². The molecular weight excluding hydrogens is 600 g/mol. The van der Waals surface area contributed by atoms with Gasteiger partial charge in [0, 0.05) is 25.6 Å². The molecule has 0 bridgehead atoms. The van der Waals surface area contributed by atoms with Crippen molar-refractivity contribution in [1.82, 2.24) is 5.32 Å². The van der Waals surface area contributed by atoms with Gasteiger partial charge in [0.25, 0.3) is 5.92 Å². The van der Waals surface area contributed by atoms with E-state index in [0.717, 1.165) is 0 Å². The lowest BCUT2D eigenvalue weighted by atomic mass is 9.76. The van der Waals surface area contributed by atoms with Crippen molar-refractivity contribution in [2.45, 2.75) is 111 Å². The number of carbonyl (C=O) groups excluding carboxylic acids is 1. The fourth-order valence-electron chi connectivity index (χ4n) is 5.71. The minimum absolute atomic E-state index is 0.0450. The molecule has 0 spiro atoms. The SMILES string of the molecule is NCC(F)(F)C(O)C(=O)C[C@@H]1C[C@H](N)[C@@H](O[C@H]2O[C@H](CNCCO)[C@@H](O)C[C@H]2N)[C@H](O)[C@H]1O[C@H]1O[C@H](CO)[C@@H](O)[C@H](N)[C@H]1O. The monoisotopic (exact) mass is 647 g/mol. The molecule has 15 atom stereocenters. The van der Waals surface area contributed by atoms with Gasteiger partial charge >= 0.3 is 0 Å². The van der Waals surface area contributed by atoms with Gasteiger partial charge in [0.05, 0.1) is 50.2 Å². The molecule has 3 aliphatic rings. The minimum Gasteiger partial charge on any atom is -0.395 e. The summed E-state index contributed by atoms with van der Waals surface area (Å²) in [6, 6.07) is -3.29. The number of carbonyl (C=O) groups is 1. The van der Waals surface area contributed by atoms with Crippen LogP contribution in [-0.4, -0.2) is 166 Å². The number of halogens is 2. The first kappa shape index (κ1) is 37.3. The van der Waals surface area contributed by atoms with E-state index >= 15 is 0 Å². The first-order valence-electron chi connectivity index (χ1n) is 14.5. The van der Waals surface area contributed by atoms with Crippen LogP contribution in [0.5, 0.6) is 0 Å². The van der Waals surface area contributed by atoms with Gasteiger partial charge in [-0.1, -0.05) is 0 Å². The number of Topliss-reactive ketones (excluding diaryl/α,β-unsaturated/α-hetero) is 1. The molecule has 2 saturated heterocycles. The van der Waals surface area contributed by atoms with E-state index in [0.29, 0.717) is 0 Å². The van der Waals surface area contributed by atoms with Crippen LogP contribution in [-0.2, 0) is 23.7 Å². The van der Waals surface area contributed by atoms with Crippen LogP contribution >= 0.6 is 0 Å². The second-order valence-corrected chi connectivity index (χ2v) is 11.6. The van der Waals surface area contributed by atoms with Crippen molar-refractivity contribution in [2.75, 3.05) is 32.8 Å². The van der Waals surface area contributed by atoms with Crippen LogP contribution in [0.1, 0.15) is 19.3 Å². The molecule has 3 fully saturated rings. The van der Waals surface area contributed by atoms with Crippen LogP contribution in [0.4, 0.5) is 8.78 Å². The summed E-state index contributed by atoms with van der Waals surface area (Å²) in [5.74, 6) is -6.39. The van der Waals surface area contributed by atoms with Gasteiger partial charge in [-0.2, -0.15) is 0 Å². The van der Waals surface area contributed by atoms with E-state index in [-0.39, 0.29) is 32.5 Å². The summed E-state index contributed by atoms with van der Waals surface area (Å²) in [5, 5.41) is 74.1. The Balaban J connectivity index is 1.84. The number of ether oxygens (including phenoxy) is 4. The molecular formula is C25H47F2N5O12. The summed E-state index contributed by atoms with van der Waals surface area (Å²) >= 11 is 0. The predicted molar refractivity (Wildman–Crippen MR) is 144 cm³/mol. The summed E-state index contributed by atoms with van der Waals surface area (Å²) in [5.41, 5.74) is 23.3. The lowest BCUT2D eigenvalue weighted by molar-refractivity contribution is -0.320. The molecule has 0 aromatic carbocycles. The highest BCUT2D eigenvalue weighted by atomic mass is 19.3. The zero-order valence-electron chi connectivity index (χ0n) is 24.1. The van der Waals surface area contributed by atoms with Gasteiger partial charge in [0.15, 0.2) is 24.5 Å². The molecule has 0 amide bonds. The molecule has 16 N–H and O–H groups in total. The summed E-state index contributed by atoms with van der Waals surface area (Å²) in [4.78, 5) is 12.7. The second kappa shape index (κ2) is 16.1. The lowest BCUT2D eigenvalue weighted by Crippen LogP contribution is -2.66. The Hall–Kier alpha value is -1.11. The van der Waals surface area contributed by atoms with E-state index in [1.165, 1.54) is 0 Å². The number of alkyl halides is 2. The van der Waals surface area contributed by atoms with Gasteiger partial charge < -0.3 is 82.9 Å². The smallest absolute Gasteiger partial charge is 0.292 e. The van der Waals surface area contributed by atoms with Gasteiger partial charge in [0.1, 0.15) is 30.5 Å². The topological polar surface area (TPSA) is 312 Å². The number of aliphatic hydroxyl groups excluding tert-OH is 7. The normalized spacial score (nSPS) is 42.7. The van der Waals surface area contributed by atoms with E-state index in [1.54, 1.807) is 0 Å². The molecule has 0 aromatic heterocycles. The molecule has 1 aliphatic carbocycles. The first-order chi connectivity index (χ1) is 20.7. The van der Waals surface area contributed by atoms with Crippen molar-refractivity contribution in [3.05, 3.63) is 0 Å². The van der Waals surface area contributed by atoms with E-state index < -0.39 is 123 Å². The molecule has 2 aliphatic heterocycles. The van der Waals surface area contributed by atoms with Crippen LogP contribution in [0.25, 0.3) is 0 Å². The molecule has 3 rings (SSSR count). The van der Waals surface area contributed by atoms with Crippen molar-refractivity contribution in [3.63, 3.8) is 0 Å². The third kappa shape index (κ3) is 8.62. The Morgan fingerprint density at radius 2 is 1.57 bits per heavy atom. The average molecular weight is 648 g/mol. The molecule has 19 heteroatoms. The third-order valence-corrected chi connectivity index (χ3v) is 8.33. The second-order valence-electron chi connectivity index (χ2n) is 11.6. The Morgan fingerprint density at radius 3 is 2.18 bits per heavy atom. The Bertz CT molecular complexity index is 916. The van der Waals surface area contributed by atoms with E-state index in [4.69, 9.17) is 47.0 Å². The zero-order chi connectivity index (χ0) is 32.9. The highest BCUT2D eigenvalue weighted by molar-refractivity contribution is 5.84. The molecule has 258 valence electrons. The van der Waals surface area contributed by atoms with Gasteiger partial charge in [-0.05, 0) is 18.8 Å². The minimum atomic E-state index is -3.93. The van der Waals surface area contributed by atoms with Gasteiger partial charge in [-0.25, -0.2) is 8.78 Å². The van der Waals surface area contributed by atoms with Crippen molar-refractivity contribution < 1.29 is 68.3 Å². The number of hydrogen-bond donors (Lipinski definition) is 12. The van der Waals surface area contributed by atoms with Crippen LogP contribution in [0.2, 0.25) is 0 Å². The van der Waals surface area contributed by atoms with Crippen LogP contribution in [0.15, 0.2) is 0 Å². The zero-order valence-corrected chi connectivity index (χ0v) is 24.1. The maximum absolute atomic E-state index is 14.0. The number of nitrogens with two attached hydrogens (primary N) is 4. The number of aliphatic hydroxyl groups is 7. The van der Waals surface area contributed by atoms with Gasteiger partial charge in [-0.15, -0.1) is 0 Å².